The summed E-state index contributed by atoms with van der Waals surface area (Å²) in [5.74, 6) is 0. The van der Waals surface area contributed by atoms with E-state index in [4.69, 9.17) is 17.7 Å². The molecule has 0 amide bonds. The molecule has 0 saturated carbocycles. The molecule has 0 bridgehead atoms. The fourth-order valence-electron chi connectivity index (χ4n) is 0. The molecular weight excluding hydrogens is 217 g/mol. The SMILES string of the molecule is C[CH2][Sb]([Cl])[Cl]. The van der Waals surface area contributed by atoms with Crippen LogP contribution in [0.4, 0.5) is 0 Å². The Bertz CT molecular complexity index is 21.6. The molecule has 0 aromatic rings. The molecule has 0 fully saturated rings. The van der Waals surface area contributed by atoms with Crippen molar-refractivity contribution < 1.29 is 0 Å². The van der Waals surface area contributed by atoms with E-state index >= 15 is 0 Å². The molecule has 0 aliphatic heterocycles. The average Bonchev–Trinajstić information content (AvgIpc) is 1.38. The molecule has 0 N–H and O–H groups in total. The first-order valence-corrected chi connectivity index (χ1v) is 9.63. The van der Waals surface area contributed by atoms with Gasteiger partial charge in [-0.05, 0) is 0 Å². The zero-order valence-corrected chi connectivity index (χ0v) is 6.97. The maximum atomic E-state index is 5.41. The van der Waals surface area contributed by atoms with Gasteiger partial charge in [0.15, 0.2) is 0 Å². The molecule has 0 aromatic carbocycles. The Morgan fingerprint density at radius 2 is 1.80 bits per heavy atom. The first-order valence-electron chi connectivity index (χ1n) is 1.36. The Morgan fingerprint density at radius 1 is 1.60 bits per heavy atom. The molecule has 0 aliphatic carbocycles. The van der Waals surface area contributed by atoms with Crippen molar-refractivity contribution in [2.75, 3.05) is 0 Å². The quantitative estimate of drug-likeness (QED) is 0.594. The van der Waals surface area contributed by atoms with E-state index in [0.717, 1.165) is 4.37 Å². The first-order chi connectivity index (χ1) is 2.27. The summed E-state index contributed by atoms with van der Waals surface area (Å²) >= 11 is -1.54. The van der Waals surface area contributed by atoms with Gasteiger partial charge in [-0.15, -0.1) is 0 Å². The van der Waals surface area contributed by atoms with Crippen molar-refractivity contribution in [1.82, 2.24) is 0 Å². The topological polar surface area (TPSA) is 0 Å². The molecular formula is C2H5Cl2Sb. The van der Waals surface area contributed by atoms with E-state index in [0.29, 0.717) is 0 Å². The molecule has 32 valence electrons. The summed E-state index contributed by atoms with van der Waals surface area (Å²) in [7, 11) is 10.8. The van der Waals surface area contributed by atoms with E-state index in [1.807, 2.05) is 6.92 Å². The van der Waals surface area contributed by atoms with Crippen molar-refractivity contribution in [1.29, 1.82) is 0 Å². The molecule has 0 spiro atoms. The minimum absolute atomic E-state index is 1.02. The van der Waals surface area contributed by atoms with E-state index < -0.39 is 17.9 Å². The molecule has 0 heterocycles. The van der Waals surface area contributed by atoms with Gasteiger partial charge in [0.05, 0.1) is 0 Å². The van der Waals surface area contributed by atoms with Crippen LogP contribution in [0.1, 0.15) is 6.92 Å². The van der Waals surface area contributed by atoms with Crippen LogP contribution in [0, 0.1) is 0 Å². The third kappa shape index (κ3) is 5.40. The second kappa shape index (κ2) is 3.58. The Hall–Kier alpha value is 1.40. The van der Waals surface area contributed by atoms with Crippen molar-refractivity contribution in [2.24, 2.45) is 0 Å². The molecule has 0 rings (SSSR count). The summed E-state index contributed by atoms with van der Waals surface area (Å²) in [6, 6.07) is 0. The second-order valence-electron chi connectivity index (χ2n) is 0.619. The molecule has 3 heteroatoms. The normalized spacial score (nSPS) is 9.60. The molecule has 0 aromatic heterocycles. The Kier molecular flexibility index (Phi) is 4.59. The zero-order valence-electron chi connectivity index (χ0n) is 2.91. The number of halogens is 2. The maximum absolute atomic E-state index is 5.41. The van der Waals surface area contributed by atoms with Crippen molar-refractivity contribution >= 4 is 35.6 Å². The molecule has 0 saturated heterocycles. The summed E-state index contributed by atoms with van der Waals surface area (Å²) in [6.45, 7) is 2.02. The third-order valence-electron chi connectivity index (χ3n) is 0.239. The minimum atomic E-state index is -1.54. The van der Waals surface area contributed by atoms with Crippen LogP contribution in [-0.2, 0) is 0 Å². The van der Waals surface area contributed by atoms with Crippen LogP contribution in [0.15, 0.2) is 0 Å². The average molecular weight is 222 g/mol. The molecule has 0 atom stereocenters. The summed E-state index contributed by atoms with van der Waals surface area (Å²) in [6.07, 6.45) is 0. The summed E-state index contributed by atoms with van der Waals surface area (Å²) in [4.78, 5) is 0. The van der Waals surface area contributed by atoms with Crippen LogP contribution in [0.3, 0.4) is 0 Å². The standard InChI is InChI=1S/C2H5.2ClH.Sb/c1-2;;;/h1H2,2H3;2*1H;/q;;;+2/p-2. The number of hydrogen-bond donors (Lipinski definition) is 0. The van der Waals surface area contributed by atoms with Gasteiger partial charge in [-0.1, -0.05) is 0 Å². The van der Waals surface area contributed by atoms with E-state index in [9.17, 15) is 0 Å². The first kappa shape index (κ1) is 6.40. The van der Waals surface area contributed by atoms with Crippen molar-refractivity contribution in [3.8, 4) is 0 Å². The molecule has 0 unspecified atom stereocenters. The molecule has 0 nitrogen and oxygen atoms in total. The van der Waals surface area contributed by atoms with Crippen LogP contribution < -0.4 is 0 Å². The van der Waals surface area contributed by atoms with Crippen molar-refractivity contribution in [3.05, 3.63) is 0 Å². The van der Waals surface area contributed by atoms with Gasteiger partial charge >= 0.3 is 46.9 Å². The van der Waals surface area contributed by atoms with Crippen LogP contribution in [0.5, 0.6) is 0 Å². The van der Waals surface area contributed by atoms with Gasteiger partial charge in [0.2, 0.25) is 0 Å². The summed E-state index contributed by atoms with van der Waals surface area (Å²) in [5.41, 5.74) is 0. The van der Waals surface area contributed by atoms with Gasteiger partial charge in [-0.2, -0.15) is 0 Å². The number of rotatable bonds is 1. The van der Waals surface area contributed by atoms with Gasteiger partial charge in [0.25, 0.3) is 0 Å². The summed E-state index contributed by atoms with van der Waals surface area (Å²) in [5, 5.41) is 0. The van der Waals surface area contributed by atoms with Crippen LogP contribution in [-0.4, -0.2) is 17.9 Å². The van der Waals surface area contributed by atoms with E-state index in [1.165, 1.54) is 0 Å². The fourth-order valence-corrected chi connectivity index (χ4v) is 0. The number of hydrogen-bond acceptors (Lipinski definition) is 0. The Morgan fingerprint density at radius 3 is 1.80 bits per heavy atom. The monoisotopic (exact) mass is 220 g/mol. The van der Waals surface area contributed by atoms with E-state index in [-0.39, 0.29) is 0 Å². The van der Waals surface area contributed by atoms with Crippen LogP contribution in [0.25, 0.3) is 0 Å². The van der Waals surface area contributed by atoms with E-state index in [1.54, 1.807) is 0 Å². The Labute approximate surface area is 46.8 Å². The molecule has 0 radical (unpaired) electrons. The molecule has 5 heavy (non-hydrogen) atoms. The van der Waals surface area contributed by atoms with E-state index in [2.05, 4.69) is 0 Å². The van der Waals surface area contributed by atoms with Crippen LogP contribution in [0.2, 0.25) is 4.37 Å². The summed E-state index contributed by atoms with van der Waals surface area (Å²) < 4.78 is 1.02. The van der Waals surface area contributed by atoms with Gasteiger partial charge in [-0.3, -0.25) is 0 Å². The van der Waals surface area contributed by atoms with Gasteiger partial charge in [0, 0.05) is 0 Å². The molecule has 0 aliphatic rings. The Balaban J connectivity index is 2.54. The fraction of sp³-hybridized carbons (Fsp3) is 1.00. The van der Waals surface area contributed by atoms with Crippen molar-refractivity contribution in [2.45, 2.75) is 11.3 Å². The van der Waals surface area contributed by atoms with Gasteiger partial charge < -0.3 is 0 Å². The predicted molar refractivity (Wildman–Crippen MR) is 27.9 cm³/mol. The second-order valence-corrected chi connectivity index (χ2v) is 10.8. The predicted octanol–water partition coefficient (Wildman–Crippen LogP) is 1.97. The van der Waals surface area contributed by atoms with Gasteiger partial charge in [0.1, 0.15) is 0 Å². The van der Waals surface area contributed by atoms with Crippen molar-refractivity contribution in [3.63, 3.8) is 0 Å². The zero-order chi connectivity index (χ0) is 4.28. The van der Waals surface area contributed by atoms with Gasteiger partial charge in [-0.25, -0.2) is 0 Å². The third-order valence-corrected chi connectivity index (χ3v) is 4.81. The van der Waals surface area contributed by atoms with Crippen LogP contribution >= 0.6 is 17.7 Å².